The van der Waals surface area contributed by atoms with Gasteiger partial charge in [-0.15, -0.1) is 0 Å². The number of aromatic nitrogens is 3. The molecular weight excluding hydrogens is 389 g/mol. The number of nitrogens with two attached hydrogens (primary N) is 1. The topological polar surface area (TPSA) is 94.5 Å². The van der Waals surface area contributed by atoms with Gasteiger partial charge in [-0.2, -0.15) is 0 Å². The molecule has 0 bridgehead atoms. The van der Waals surface area contributed by atoms with Gasteiger partial charge in [-0.25, -0.2) is 9.97 Å². The SMILES string of the molecule is COCCNC(=O)c1cn2c(-c3ccc(Cl)cc3Cl)c(CN)c(C)nc2n1. The van der Waals surface area contributed by atoms with Crippen LogP contribution in [0.25, 0.3) is 17.0 Å². The Morgan fingerprint density at radius 1 is 1.33 bits per heavy atom. The second kappa shape index (κ2) is 8.22. The summed E-state index contributed by atoms with van der Waals surface area (Å²) in [5.74, 6) is 0.0836. The molecule has 3 N–H and O–H groups in total. The molecule has 3 rings (SSSR count). The maximum absolute atomic E-state index is 12.3. The summed E-state index contributed by atoms with van der Waals surface area (Å²) in [4.78, 5) is 21.2. The molecule has 2 aromatic heterocycles. The van der Waals surface area contributed by atoms with E-state index in [0.29, 0.717) is 29.0 Å². The summed E-state index contributed by atoms with van der Waals surface area (Å²) in [5, 5.41) is 3.75. The van der Waals surface area contributed by atoms with Gasteiger partial charge >= 0.3 is 0 Å². The number of carbonyl (C=O) groups excluding carboxylic acids is 1. The molecule has 3 aromatic rings. The molecule has 0 spiro atoms. The fraction of sp³-hybridized carbons (Fsp3) is 0.278. The van der Waals surface area contributed by atoms with Crippen molar-refractivity contribution in [2.75, 3.05) is 20.3 Å². The molecule has 2 heterocycles. The van der Waals surface area contributed by atoms with Crippen LogP contribution >= 0.6 is 23.2 Å². The molecule has 27 heavy (non-hydrogen) atoms. The lowest BCUT2D eigenvalue weighted by molar-refractivity contribution is 0.0932. The first-order chi connectivity index (χ1) is 13.0. The molecule has 0 fully saturated rings. The Morgan fingerprint density at radius 2 is 2.11 bits per heavy atom. The molecule has 0 saturated carbocycles. The summed E-state index contributed by atoms with van der Waals surface area (Å²) in [6.45, 7) is 2.91. The van der Waals surface area contributed by atoms with Gasteiger partial charge in [-0.05, 0) is 25.1 Å². The third-order valence-electron chi connectivity index (χ3n) is 4.13. The van der Waals surface area contributed by atoms with Crippen molar-refractivity contribution < 1.29 is 9.53 Å². The second-order valence-electron chi connectivity index (χ2n) is 5.90. The van der Waals surface area contributed by atoms with Gasteiger partial charge < -0.3 is 15.8 Å². The van der Waals surface area contributed by atoms with Crippen LogP contribution in [-0.2, 0) is 11.3 Å². The highest BCUT2D eigenvalue weighted by molar-refractivity contribution is 6.36. The average Bonchev–Trinajstić information content (AvgIpc) is 3.04. The first-order valence-corrected chi connectivity index (χ1v) is 9.03. The fourth-order valence-electron chi connectivity index (χ4n) is 2.83. The smallest absolute Gasteiger partial charge is 0.271 e. The summed E-state index contributed by atoms with van der Waals surface area (Å²) >= 11 is 12.5. The largest absolute Gasteiger partial charge is 0.383 e. The van der Waals surface area contributed by atoms with Crippen molar-refractivity contribution in [3.05, 3.63) is 51.4 Å². The summed E-state index contributed by atoms with van der Waals surface area (Å²) in [6, 6.07) is 5.23. The number of hydrogen-bond acceptors (Lipinski definition) is 5. The lowest BCUT2D eigenvalue weighted by atomic mass is 10.0. The maximum Gasteiger partial charge on any atom is 0.271 e. The molecule has 0 saturated heterocycles. The van der Waals surface area contributed by atoms with Crippen molar-refractivity contribution in [1.29, 1.82) is 0 Å². The van der Waals surface area contributed by atoms with E-state index in [9.17, 15) is 4.79 Å². The predicted molar refractivity (Wildman–Crippen MR) is 105 cm³/mol. The number of fused-ring (bicyclic) bond motifs is 1. The van der Waals surface area contributed by atoms with E-state index in [0.717, 1.165) is 22.5 Å². The van der Waals surface area contributed by atoms with Gasteiger partial charge in [-0.3, -0.25) is 9.20 Å². The number of amides is 1. The van der Waals surface area contributed by atoms with Gasteiger partial charge in [0.15, 0.2) is 0 Å². The predicted octanol–water partition coefficient (Wildman–Crippen LogP) is 2.85. The normalized spacial score (nSPS) is 11.1. The summed E-state index contributed by atoms with van der Waals surface area (Å²) < 4.78 is 6.67. The van der Waals surface area contributed by atoms with E-state index in [1.807, 2.05) is 13.0 Å². The number of aryl methyl sites for hydroxylation is 1. The zero-order valence-corrected chi connectivity index (χ0v) is 16.4. The molecule has 0 aliphatic carbocycles. The van der Waals surface area contributed by atoms with Gasteiger partial charge in [0.1, 0.15) is 5.69 Å². The highest BCUT2D eigenvalue weighted by atomic mass is 35.5. The number of imidazole rings is 1. The van der Waals surface area contributed by atoms with Crippen LogP contribution in [0.1, 0.15) is 21.7 Å². The maximum atomic E-state index is 12.3. The Balaban J connectivity index is 2.17. The Morgan fingerprint density at radius 3 is 2.78 bits per heavy atom. The molecule has 0 radical (unpaired) electrons. The molecule has 0 unspecified atom stereocenters. The summed E-state index contributed by atoms with van der Waals surface area (Å²) in [7, 11) is 1.57. The highest BCUT2D eigenvalue weighted by Crippen LogP contribution is 2.33. The van der Waals surface area contributed by atoms with Gasteiger partial charge in [-0.1, -0.05) is 23.2 Å². The lowest BCUT2D eigenvalue weighted by Crippen LogP contribution is -2.27. The lowest BCUT2D eigenvalue weighted by Gasteiger charge is -2.14. The zero-order valence-electron chi connectivity index (χ0n) is 14.9. The van der Waals surface area contributed by atoms with Crippen LogP contribution in [0, 0.1) is 6.92 Å². The van der Waals surface area contributed by atoms with Crippen LogP contribution in [0.3, 0.4) is 0 Å². The molecule has 1 aromatic carbocycles. The van der Waals surface area contributed by atoms with Crippen LogP contribution in [0.2, 0.25) is 10.0 Å². The molecular formula is C18H19Cl2N5O2. The van der Waals surface area contributed by atoms with E-state index in [-0.39, 0.29) is 18.1 Å². The number of nitrogens with zero attached hydrogens (tertiary/aromatic N) is 3. The minimum absolute atomic E-state index is 0.249. The van der Waals surface area contributed by atoms with Gasteiger partial charge in [0.05, 0.1) is 17.3 Å². The van der Waals surface area contributed by atoms with Crippen LogP contribution < -0.4 is 11.1 Å². The first kappa shape index (κ1) is 19.6. The van der Waals surface area contributed by atoms with Crippen LogP contribution in [0.5, 0.6) is 0 Å². The summed E-state index contributed by atoms with van der Waals surface area (Å²) in [5.41, 5.74) is 9.24. The summed E-state index contributed by atoms with van der Waals surface area (Å²) in [6.07, 6.45) is 1.63. The van der Waals surface area contributed by atoms with Crippen LogP contribution in [0.4, 0.5) is 0 Å². The first-order valence-electron chi connectivity index (χ1n) is 8.27. The molecule has 9 heteroatoms. The monoisotopic (exact) mass is 407 g/mol. The van der Waals surface area contributed by atoms with Gasteiger partial charge in [0.25, 0.3) is 5.91 Å². The highest BCUT2D eigenvalue weighted by Gasteiger charge is 2.20. The van der Waals surface area contributed by atoms with Crippen molar-refractivity contribution in [3.8, 4) is 11.3 Å². The van der Waals surface area contributed by atoms with Crippen molar-refractivity contribution in [2.24, 2.45) is 5.73 Å². The van der Waals surface area contributed by atoms with E-state index in [1.165, 1.54) is 0 Å². The van der Waals surface area contributed by atoms with Crippen molar-refractivity contribution in [2.45, 2.75) is 13.5 Å². The van der Waals surface area contributed by atoms with Crippen molar-refractivity contribution >= 4 is 34.9 Å². The van der Waals surface area contributed by atoms with E-state index in [2.05, 4.69) is 15.3 Å². The molecule has 142 valence electrons. The van der Waals surface area contributed by atoms with Gasteiger partial charge in [0.2, 0.25) is 5.78 Å². The Hall–Kier alpha value is -2.19. The van der Waals surface area contributed by atoms with E-state index in [4.69, 9.17) is 33.7 Å². The third kappa shape index (κ3) is 3.91. The van der Waals surface area contributed by atoms with Crippen LogP contribution in [0.15, 0.2) is 24.4 Å². The van der Waals surface area contributed by atoms with Crippen molar-refractivity contribution in [3.63, 3.8) is 0 Å². The molecule has 7 nitrogen and oxygen atoms in total. The van der Waals surface area contributed by atoms with Crippen LogP contribution in [-0.4, -0.2) is 40.5 Å². The number of rotatable bonds is 6. The zero-order chi connectivity index (χ0) is 19.6. The molecule has 0 aliphatic rings. The number of methoxy groups -OCH3 is 1. The number of hydrogen-bond donors (Lipinski definition) is 2. The fourth-order valence-corrected chi connectivity index (χ4v) is 3.33. The quantitative estimate of drug-likeness (QED) is 0.612. The molecule has 0 aliphatic heterocycles. The minimum Gasteiger partial charge on any atom is -0.383 e. The number of nitrogens with one attached hydrogen (secondary N) is 1. The van der Waals surface area contributed by atoms with E-state index >= 15 is 0 Å². The van der Waals surface area contributed by atoms with E-state index in [1.54, 1.807) is 29.8 Å². The number of halogens is 2. The Kier molecular flexibility index (Phi) is 5.96. The molecule has 0 atom stereocenters. The Bertz CT molecular complexity index is 1000. The van der Waals surface area contributed by atoms with E-state index < -0.39 is 0 Å². The number of ether oxygens (including phenoxy) is 1. The average molecular weight is 408 g/mol. The van der Waals surface area contributed by atoms with Gasteiger partial charge in [0, 0.05) is 48.2 Å². The third-order valence-corrected chi connectivity index (χ3v) is 4.68. The molecule has 1 amide bonds. The standard InChI is InChI=1S/C18H19Cl2N5O2/c1-10-13(8-21)16(12-4-3-11(19)7-14(12)20)25-9-15(24-18(25)23-10)17(26)22-5-6-27-2/h3-4,7,9H,5-6,8,21H2,1-2H3,(H,22,26). The number of benzene rings is 1. The second-order valence-corrected chi connectivity index (χ2v) is 6.74. The van der Waals surface area contributed by atoms with Crippen molar-refractivity contribution in [1.82, 2.24) is 19.7 Å². The number of carbonyl (C=O) groups is 1. The Labute approximate surface area is 166 Å². The minimum atomic E-state index is -0.308.